The summed E-state index contributed by atoms with van der Waals surface area (Å²) in [6, 6.07) is 0.685. The largest absolute Gasteiger partial charge is 0.317 e. The first kappa shape index (κ1) is 20.0. The molecular formula is C19H41N. The van der Waals surface area contributed by atoms with Crippen LogP contribution >= 0.6 is 0 Å². The van der Waals surface area contributed by atoms with Gasteiger partial charge in [0.15, 0.2) is 0 Å². The molecule has 1 nitrogen and oxygen atoms in total. The first-order valence-corrected chi connectivity index (χ1v) is 9.41. The Bertz CT molecular complexity index is 179. The molecule has 0 heterocycles. The second-order valence-corrected chi connectivity index (χ2v) is 6.70. The van der Waals surface area contributed by atoms with E-state index in [1.54, 1.807) is 0 Å². The Morgan fingerprint density at radius 3 is 1.75 bits per heavy atom. The molecule has 0 bridgehead atoms. The lowest BCUT2D eigenvalue weighted by Crippen LogP contribution is -2.24. The molecule has 1 heteroatoms. The summed E-state index contributed by atoms with van der Waals surface area (Å²) in [4.78, 5) is 0. The van der Waals surface area contributed by atoms with Gasteiger partial charge in [-0.1, -0.05) is 90.9 Å². The molecule has 122 valence electrons. The van der Waals surface area contributed by atoms with Crippen LogP contribution in [0.4, 0.5) is 0 Å². The summed E-state index contributed by atoms with van der Waals surface area (Å²) in [7, 11) is 2.09. The maximum absolute atomic E-state index is 3.39. The molecule has 0 saturated carbocycles. The van der Waals surface area contributed by atoms with Crippen LogP contribution in [0.15, 0.2) is 0 Å². The SMILES string of the molecule is CCCCCCCCCCCC(CCC)CC(C)NC. The van der Waals surface area contributed by atoms with Crippen molar-refractivity contribution in [1.29, 1.82) is 0 Å². The number of rotatable bonds is 15. The van der Waals surface area contributed by atoms with Crippen molar-refractivity contribution in [2.24, 2.45) is 5.92 Å². The molecule has 0 fully saturated rings. The lowest BCUT2D eigenvalue weighted by atomic mass is 9.90. The van der Waals surface area contributed by atoms with Crippen molar-refractivity contribution in [1.82, 2.24) is 5.32 Å². The Morgan fingerprint density at radius 1 is 0.700 bits per heavy atom. The van der Waals surface area contributed by atoms with Crippen molar-refractivity contribution in [3.63, 3.8) is 0 Å². The van der Waals surface area contributed by atoms with Gasteiger partial charge in [-0.2, -0.15) is 0 Å². The summed E-state index contributed by atoms with van der Waals surface area (Å²) in [6.07, 6.45) is 18.6. The van der Waals surface area contributed by atoms with Gasteiger partial charge in [0.1, 0.15) is 0 Å². The molecule has 0 aliphatic heterocycles. The van der Waals surface area contributed by atoms with Gasteiger partial charge in [-0.05, 0) is 26.3 Å². The van der Waals surface area contributed by atoms with Crippen LogP contribution in [0.5, 0.6) is 0 Å². The zero-order valence-corrected chi connectivity index (χ0v) is 14.8. The molecule has 2 unspecified atom stereocenters. The lowest BCUT2D eigenvalue weighted by Gasteiger charge is -2.20. The molecule has 0 aromatic heterocycles. The fourth-order valence-electron chi connectivity index (χ4n) is 3.15. The normalized spacial score (nSPS) is 14.4. The van der Waals surface area contributed by atoms with E-state index in [9.17, 15) is 0 Å². The van der Waals surface area contributed by atoms with Crippen molar-refractivity contribution < 1.29 is 0 Å². The summed E-state index contributed by atoms with van der Waals surface area (Å²) < 4.78 is 0. The highest BCUT2D eigenvalue weighted by atomic mass is 14.8. The van der Waals surface area contributed by atoms with Gasteiger partial charge >= 0.3 is 0 Å². The van der Waals surface area contributed by atoms with Gasteiger partial charge in [0.2, 0.25) is 0 Å². The van der Waals surface area contributed by atoms with Crippen LogP contribution in [0.3, 0.4) is 0 Å². The standard InChI is InChI=1S/C19H41N/c1-5-7-8-9-10-11-12-13-14-16-19(15-6-2)17-18(3)20-4/h18-20H,5-17H2,1-4H3. The molecule has 0 aromatic carbocycles. The second-order valence-electron chi connectivity index (χ2n) is 6.70. The number of unbranched alkanes of at least 4 members (excludes halogenated alkanes) is 8. The van der Waals surface area contributed by atoms with Crippen LogP contribution in [0.1, 0.15) is 104 Å². The molecule has 1 N–H and O–H groups in total. The third kappa shape index (κ3) is 13.0. The van der Waals surface area contributed by atoms with E-state index in [2.05, 4.69) is 33.1 Å². The van der Waals surface area contributed by atoms with Crippen LogP contribution < -0.4 is 5.32 Å². The van der Waals surface area contributed by atoms with E-state index in [-0.39, 0.29) is 0 Å². The van der Waals surface area contributed by atoms with Gasteiger partial charge in [0.25, 0.3) is 0 Å². The zero-order chi connectivity index (χ0) is 15.1. The Balaban J connectivity index is 3.44. The van der Waals surface area contributed by atoms with Gasteiger partial charge in [-0.15, -0.1) is 0 Å². The molecule has 0 aromatic rings. The summed E-state index contributed by atoms with van der Waals surface area (Å²) in [6.45, 7) is 6.94. The average Bonchev–Trinajstić information content (AvgIpc) is 2.45. The van der Waals surface area contributed by atoms with Gasteiger partial charge in [0.05, 0.1) is 0 Å². The number of hydrogen-bond donors (Lipinski definition) is 1. The van der Waals surface area contributed by atoms with E-state index in [0.717, 1.165) is 5.92 Å². The van der Waals surface area contributed by atoms with E-state index in [1.165, 1.54) is 83.5 Å². The van der Waals surface area contributed by atoms with Gasteiger partial charge < -0.3 is 5.32 Å². The molecule has 0 rings (SSSR count). The fraction of sp³-hybridized carbons (Fsp3) is 1.00. The fourth-order valence-corrected chi connectivity index (χ4v) is 3.15. The molecular weight excluding hydrogens is 242 g/mol. The van der Waals surface area contributed by atoms with E-state index in [4.69, 9.17) is 0 Å². The summed E-state index contributed by atoms with van der Waals surface area (Å²) in [5.41, 5.74) is 0. The minimum Gasteiger partial charge on any atom is -0.317 e. The van der Waals surface area contributed by atoms with Crippen molar-refractivity contribution in [3.8, 4) is 0 Å². The van der Waals surface area contributed by atoms with Gasteiger partial charge in [0, 0.05) is 6.04 Å². The molecule has 0 amide bonds. The Kier molecular flexibility index (Phi) is 15.3. The van der Waals surface area contributed by atoms with E-state index in [1.807, 2.05) is 0 Å². The van der Waals surface area contributed by atoms with Crippen molar-refractivity contribution in [3.05, 3.63) is 0 Å². The topological polar surface area (TPSA) is 12.0 Å². The second kappa shape index (κ2) is 15.4. The Labute approximate surface area is 129 Å². The zero-order valence-electron chi connectivity index (χ0n) is 14.8. The van der Waals surface area contributed by atoms with Crippen molar-refractivity contribution in [2.75, 3.05) is 7.05 Å². The monoisotopic (exact) mass is 283 g/mol. The highest BCUT2D eigenvalue weighted by Crippen LogP contribution is 2.21. The Morgan fingerprint density at radius 2 is 1.25 bits per heavy atom. The number of hydrogen-bond acceptors (Lipinski definition) is 1. The van der Waals surface area contributed by atoms with Crippen LogP contribution in [-0.2, 0) is 0 Å². The van der Waals surface area contributed by atoms with E-state index < -0.39 is 0 Å². The van der Waals surface area contributed by atoms with Crippen molar-refractivity contribution >= 4 is 0 Å². The molecule has 0 spiro atoms. The first-order valence-electron chi connectivity index (χ1n) is 9.41. The van der Waals surface area contributed by atoms with Gasteiger partial charge in [-0.25, -0.2) is 0 Å². The van der Waals surface area contributed by atoms with E-state index in [0.29, 0.717) is 6.04 Å². The number of nitrogens with one attached hydrogen (secondary N) is 1. The highest BCUT2D eigenvalue weighted by Gasteiger charge is 2.11. The molecule has 0 aliphatic carbocycles. The minimum atomic E-state index is 0.685. The summed E-state index contributed by atoms with van der Waals surface area (Å²) in [5.74, 6) is 0.951. The van der Waals surface area contributed by atoms with Crippen LogP contribution in [0.2, 0.25) is 0 Å². The highest BCUT2D eigenvalue weighted by molar-refractivity contribution is 4.67. The van der Waals surface area contributed by atoms with E-state index >= 15 is 0 Å². The predicted molar refractivity (Wildman–Crippen MR) is 93.4 cm³/mol. The molecule has 0 radical (unpaired) electrons. The Hall–Kier alpha value is -0.0400. The van der Waals surface area contributed by atoms with Crippen molar-refractivity contribution in [2.45, 2.75) is 110 Å². The molecule has 20 heavy (non-hydrogen) atoms. The van der Waals surface area contributed by atoms with Crippen LogP contribution in [-0.4, -0.2) is 13.1 Å². The maximum atomic E-state index is 3.39. The quantitative estimate of drug-likeness (QED) is 0.347. The molecule has 0 saturated heterocycles. The third-order valence-electron chi connectivity index (χ3n) is 4.59. The van der Waals surface area contributed by atoms with Gasteiger partial charge in [-0.3, -0.25) is 0 Å². The van der Waals surface area contributed by atoms with Crippen LogP contribution in [0.25, 0.3) is 0 Å². The maximum Gasteiger partial charge on any atom is 0.00383 e. The summed E-state index contributed by atoms with van der Waals surface area (Å²) in [5, 5.41) is 3.39. The molecule has 0 aliphatic rings. The lowest BCUT2D eigenvalue weighted by molar-refractivity contribution is 0.354. The predicted octanol–water partition coefficient (Wildman–Crippen LogP) is 6.32. The first-order chi connectivity index (χ1) is 9.74. The summed E-state index contributed by atoms with van der Waals surface area (Å²) >= 11 is 0. The smallest absolute Gasteiger partial charge is 0.00383 e. The average molecular weight is 284 g/mol. The van der Waals surface area contributed by atoms with Crippen LogP contribution in [0, 0.1) is 5.92 Å². The minimum absolute atomic E-state index is 0.685. The third-order valence-corrected chi connectivity index (χ3v) is 4.59. The molecule has 2 atom stereocenters.